The number of alkyl halides is 2. The highest BCUT2D eigenvalue weighted by Crippen LogP contribution is 2.32. The third-order valence-corrected chi connectivity index (χ3v) is 4.38. The molecule has 0 unspecified atom stereocenters. The van der Waals surface area contributed by atoms with E-state index in [4.69, 9.17) is 18.1 Å². The lowest BCUT2D eigenvalue weighted by Gasteiger charge is -2.17. The fourth-order valence-electron chi connectivity index (χ4n) is 3.04. The predicted molar refractivity (Wildman–Crippen MR) is 103 cm³/mol. The normalized spacial score (nSPS) is 11.4. The average Bonchev–Trinajstić information content (AvgIpc) is 3.51. The van der Waals surface area contributed by atoms with E-state index in [9.17, 15) is 8.78 Å². The largest absolute Gasteiger partial charge is 0.493 e. The number of furan rings is 2. The Morgan fingerprint density at radius 1 is 0.968 bits per heavy atom. The summed E-state index contributed by atoms with van der Waals surface area (Å²) >= 11 is 0. The second kappa shape index (κ2) is 9.43. The van der Waals surface area contributed by atoms with E-state index in [-0.39, 0.29) is 11.5 Å². The van der Waals surface area contributed by atoms with Crippen molar-refractivity contribution in [3.05, 3.63) is 72.4 Å². The molecule has 31 heavy (non-hydrogen) atoms. The fourth-order valence-corrected chi connectivity index (χ4v) is 3.04. The summed E-state index contributed by atoms with van der Waals surface area (Å²) in [5, 5.41) is 4.00. The molecule has 0 radical (unpaired) electrons. The molecule has 0 saturated carbocycles. The van der Waals surface area contributed by atoms with Gasteiger partial charge in [0, 0.05) is 5.56 Å². The quantitative estimate of drug-likeness (QED) is 0.356. The van der Waals surface area contributed by atoms with Gasteiger partial charge in [-0.3, -0.25) is 4.90 Å². The summed E-state index contributed by atoms with van der Waals surface area (Å²) in [5.41, 5.74) is 0.539. The highest BCUT2D eigenvalue weighted by molar-refractivity contribution is 5.60. The Kier molecular flexibility index (Phi) is 6.27. The number of hydrogen-bond donors (Lipinski definition) is 0. The molecule has 0 amide bonds. The van der Waals surface area contributed by atoms with Gasteiger partial charge in [-0.25, -0.2) is 0 Å². The van der Waals surface area contributed by atoms with Crippen LogP contribution in [0.1, 0.15) is 17.4 Å². The van der Waals surface area contributed by atoms with E-state index in [0.717, 1.165) is 11.5 Å². The van der Waals surface area contributed by atoms with E-state index < -0.39 is 6.61 Å². The molecule has 0 N–H and O–H groups in total. The predicted octanol–water partition coefficient (Wildman–Crippen LogP) is 4.74. The molecule has 0 aliphatic heterocycles. The molecule has 162 valence electrons. The van der Waals surface area contributed by atoms with E-state index in [1.165, 1.54) is 19.2 Å². The zero-order chi connectivity index (χ0) is 21.6. The fraction of sp³-hybridized carbons (Fsp3) is 0.238. The van der Waals surface area contributed by atoms with E-state index in [1.54, 1.807) is 18.6 Å². The second-order valence-corrected chi connectivity index (χ2v) is 6.56. The van der Waals surface area contributed by atoms with Crippen LogP contribution in [0.25, 0.3) is 11.4 Å². The van der Waals surface area contributed by atoms with Gasteiger partial charge < -0.3 is 22.8 Å². The number of nitrogens with zero attached hydrogens (tertiary/aromatic N) is 3. The maximum absolute atomic E-state index is 12.5. The van der Waals surface area contributed by atoms with Crippen LogP contribution in [0.3, 0.4) is 0 Å². The van der Waals surface area contributed by atoms with E-state index in [2.05, 4.69) is 14.9 Å². The van der Waals surface area contributed by atoms with Gasteiger partial charge in [-0.1, -0.05) is 5.16 Å². The Hall–Kier alpha value is -3.66. The zero-order valence-electron chi connectivity index (χ0n) is 16.5. The van der Waals surface area contributed by atoms with E-state index >= 15 is 0 Å². The molecule has 0 atom stereocenters. The Labute approximate surface area is 176 Å². The average molecular weight is 431 g/mol. The van der Waals surface area contributed by atoms with Crippen molar-refractivity contribution in [3.8, 4) is 22.9 Å². The van der Waals surface area contributed by atoms with Crippen LogP contribution in [0.4, 0.5) is 8.78 Å². The molecular formula is C21H19F2N3O5. The molecular weight excluding hydrogens is 412 g/mol. The molecule has 3 heterocycles. The molecule has 0 aliphatic rings. The number of ether oxygens (including phenoxy) is 2. The van der Waals surface area contributed by atoms with Crippen LogP contribution >= 0.6 is 0 Å². The van der Waals surface area contributed by atoms with Crippen LogP contribution in [0.5, 0.6) is 11.5 Å². The first-order chi connectivity index (χ1) is 15.1. The summed E-state index contributed by atoms with van der Waals surface area (Å²) in [4.78, 5) is 6.44. The minimum Gasteiger partial charge on any atom is -0.493 e. The first-order valence-corrected chi connectivity index (χ1v) is 9.33. The molecule has 0 spiro atoms. The lowest BCUT2D eigenvalue weighted by molar-refractivity contribution is -0.0512. The number of methoxy groups -OCH3 is 1. The summed E-state index contributed by atoms with van der Waals surface area (Å²) in [6.45, 7) is -1.58. The lowest BCUT2D eigenvalue weighted by atomic mass is 10.2. The van der Waals surface area contributed by atoms with Crippen molar-refractivity contribution in [1.29, 1.82) is 0 Å². The number of halogens is 2. The first kappa shape index (κ1) is 20.6. The lowest BCUT2D eigenvalue weighted by Crippen LogP contribution is -2.22. The molecule has 0 fully saturated rings. The highest BCUT2D eigenvalue weighted by Gasteiger charge is 2.18. The smallest absolute Gasteiger partial charge is 0.387 e. The molecule has 8 nitrogen and oxygen atoms in total. The molecule has 1 aromatic carbocycles. The van der Waals surface area contributed by atoms with Crippen molar-refractivity contribution in [2.24, 2.45) is 0 Å². The summed E-state index contributed by atoms with van der Waals surface area (Å²) in [6, 6.07) is 11.8. The van der Waals surface area contributed by atoms with Gasteiger partial charge in [-0.15, -0.1) is 0 Å². The Bertz CT molecular complexity index is 1040. The van der Waals surface area contributed by atoms with Crippen LogP contribution in [-0.4, -0.2) is 28.8 Å². The van der Waals surface area contributed by atoms with E-state index in [1.807, 2.05) is 29.2 Å². The van der Waals surface area contributed by atoms with Crippen LogP contribution < -0.4 is 9.47 Å². The molecule has 4 aromatic rings. The van der Waals surface area contributed by atoms with Gasteiger partial charge in [0.05, 0.1) is 39.3 Å². The van der Waals surface area contributed by atoms with Gasteiger partial charge in [0.15, 0.2) is 11.5 Å². The molecule has 0 saturated heterocycles. The summed E-state index contributed by atoms with van der Waals surface area (Å²) in [7, 11) is 1.36. The van der Waals surface area contributed by atoms with Crippen molar-refractivity contribution in [2.45, 2.75) is 26.2 Å². The first-order valence-electron chi connectivity index (χ1n) is 9.33. The Morgan fingerprint density at radius 2 is 1.68 bits per heavy atom. The van der Waals surface area contributed by atoms with Gasteiger partial charge in [0.2, 0.25) is 11.7 Å². The summed E-state index contributed by atoms with van der Waals surface area (Å²) in [5.74, 6) is 2.30. The third kappa shape index (κ3) is 5.28. The van der Waals surface area contributed by atoms with Crippen LogP contribution in [0.2, 0.25) is 0 Å². The van der Waals surface area contributed by atoms with Crippen molar-refractivity contribution in [3.63, 3.8) is 0 Å². The van der Waals surface area contributed by atoms with Crippen molar-refractivity contribution in [2.75, 3.05) is 7.11 Å². The molecule has 4 rings (SSSR count). The Morgan fingerprint density at radius 3 is 2.26 bits per heavy atom. The molecule has 10 heteroatoms. The zero-order valence-corrected chi connectivity index (χ0v) is 16.5. The SMILES string of the molecule is COc1cc(-c2noc(CN(Cc3ccco3)Cc3ccco3)n2)ccc1OC(F)F. The van der Waals surface area contributed by atoms with Crippen molar-refractivity contribution < 1.29 is 31.6 Å². The maximum Gasteiger partial charge on any atom is 0.387 e. The number of hydrogen-bond acceptors (Lipinski definition) is 8. The van der Waals surface area contributed by atoms with Gasteiger partial charge in [0.1, 0.15) is 11.5 Å². The third-order valence-electron chi connectivity index (χ3n) is 4.38. The monoisotopic (exact) mass is 431 g/mol. The summed E-state index contributed by atoms with van der Waals surface area (Å²) in [6.07, 6.45) is 3.22. The van der Waals surface area contributed by atoms with E-state index in [0.29, 0.717) is 36.9 Å². The topological polar surface area (TPSA) is 86.9 Å². The summed E-state index contributed by atoms with van der Waals surface area (Å²) < 4.78 is 50.9. The van der Waals surface area contributed by atoms with Crippen molar-refractivity contribution in [1.82, 2.24) is 15.0 Å². The molecule has 0 bridgehead atoms. The second-order valence-electron chi connectivity index (χ2n) is 6.56. The van der Waals surface area contributed by atoms with Gasteiger partial charge in [0.25, 0.3) is 0 Å². The maximum atomic E-state index is 12.5. The molecule has 0 aliphatic carbocycles. The minimum atomic E-state index is -2.95. The highest BCUT2D eigenvalue weighted by atomic mass is 19.3. The standard InChI is InChI=1S/C21H19F2N3O5/c1-27-18-10-14(6-7-17(18)30-21(22)23)20-24-19(31-25-20)13-26(11-15-4-2-8-28-15)12-16-5-3-9-29-16/h2-10,21H,11-13H2,1H3. The van der Waals surface area contributed by atoms with Crippen molar-refractivity contribution >= 4 is 0 Å². The van der Waals surface area contributed by atoms with Crippen LogP contribution in [-0.2, 0) is 19.6 Å². The van der Waals surface area contributed by atoms with Crippen LogP contribution in [0.15, 0.2) is 68.3 Å². The van der Waals surface area contributed by atoms with Gasteiger partial charge >= 0.3 is 6.61 Å². The van der Waals surface area contributed by atoms with Gasteiger partial charge in [-0.05, 0) is 42.5 Å². The molecule has 3 aromatic heterocycles. The Balaban J connectivity index is 1.51. The van der Waals surface area contributed by atoms with Crippen LogP contribution in [0, 0.1) is 0 Å². The number of aromatic nitrogens is 2. The van der Waals surface area contributed by atoms with Gasteiger partial charge in [-0.2, -0.15) is 13.8 Å². The minimum absolute atomic E-state index is 0.0759. The number of benzene rings is 1. The number of rotatable bonds is 10.